The van der Waals surface area contributed by atoms with Gasteiger partial charge in [0.1, 0.15) is 0 Å². The van der Waals surface area contributed by atoms with Crippen LogP contribution in [0, 0.1) is 5.92 Å². The Kier molecular flexibility index (Phi) is 5.23. The number of carbonyl (C=O) groups excluding carboxylic acids is 2. The first-order valence-corrected chi connectivity index (χ1v) is 12.4. The number of nitrogens with one attached hydrogen (secondary N) is 1. The second-order valence-electron chi connectivity index (χ2n) is 9.66. The number of likely N-dealkylation sites (N-methyl/N-ethyl adjacent to an activating group) is 1. The molecule has 0 bridgehead atoms. The summed E-state index contributed by atoms with van der Waals surface area (Å²) in [6.07, 6.45) is 9.23. The number of fused-ring (bicyclic) bond motifs is 1. The first kappa shape index (κ1) is 20.1. The van der Waals surface area contributed by atoms with Gasteiger partial charge in [-0.3, -0.25) is 9.59 Å². The molecule has 0 aromatic rings. The normalized spacial score (nSPS) is 33.7. The van der Waals surface area contributed by atoms with Crippen LogP contribution in [0.5, 0.6) is 0 Å². The molecule has 1 aliphatic heterocycles. The summed E-state index contributed by atoms with van der Waals surface area (Å²) in [7, 11) is -1.77. The van der Waals surface area contributed by atoms with Crippen LogP contribution in [0.15, 0.2) is 0 Å². The van der Waals surface area contributed by atoms with Gasteiger partial charge in [0.2, 0.25) is 10.0 Å². The smallest absolute Gasteiger partial charge is 0.312 e. The molecule has 0 spiro atoms. The summed E-state index contributed by atoms with van der Waals surface area (Å²) in [6.45, 7) is 2.59. The van der Waals surface area contributed by atoms with Crippen LogP contribution in [-0.2, 0) is 19.6 Å². The van der Waals surface area contributed by atoms with Crippen molar-refractivity contribution in [3.63, 3.8) is 0 Å². The van der Waals surface area contributed by atoms with E-state index in [2.05, 4.69) is 4.72 Å². The third-order valence-corrected chi connectivity index (χ3v) is 9.49. The van der Waals surface area contributed by atoms with E-state index in [1.807, 2.05) is 6.92 Å². The number of amides is 2. The quantitative estimate of drug-likeness (QED) is 0.697. The van der Waals surface area contributed by atoms with Gasteiger partial charge < -0.3 is 9.80 Å². The molecule has 4 fully saturated rings. The molecule has 3 saturated carbocycles. The number of rotatable bonds is 5. The highest BCUT2D eigenvalue weighted by atomic mass is 32.2. The zero-order valence-corrected chi connectivity index (χ0v) is 17.8. The first-order chi connectivity index (χ1) is 13.2. The van der Waals surface area contributed by atoms with E-state index < -0.39 is 27.1 Å². The lowest BCUT2D eigenvalue weighted by atomic mass is 9.83. The van der Waals surface area contributed by atoms with Crippen molar-refractivity contribution in [3.05, 3.63) is 0 Å². The molecule has 1 N–H and O–H groups in total. The van der Waals surface area contributed by atoms with Gasteiger partial charge in [0.05, 0.1) is 17.3 Å². The minimum Gasteiger partial charge on any atom is -0.332 e. The Balaban J connectivity index is 1.50. The lowest BCUT2D eigenvalue weighted by Crippen LogP contribution is -2.67. The van der Waals surface area contributed by atoms with Crippen molar-refractivity contribution in [1.29, 1.82) is 0 Å². The topological polar surface area (TPSA) is 86.8 Å². The molecule has 1 heterocycles. The molecule has 7 nitrogen and oxygen atoms in total. The summed E-state index contributed by atoms with van der Waals surface area (Å²) in [5.74, 6) is -0.427. The SMILES string of the molecule is CN1C(=O)C(=O)N(CC2CCCCC2)C2CCC(S(=O)(=O)NC3(C)CC3)CC21. The maximum Gasteiger partial charge on any atom is 0.312 e. The minimum absolute atomic E-state index is 0.0555. The number of piperazine rings is 1. The molecule has 28 heavy (non-hydrogen) atoms. The Labute approximate surface area is 168 Å². The number of carbonyl (C=O) groups is 2. The van der Waals surface area contributed by atoms with Crippen LogP contribution in [0.3, 0.4) is 0 Å². The van der Waals surface area contributed by atoms with Gasteiger partial charge in [0, 0.05) is 19.1 Å². The summed E-state index contributed by atoms with van der Waals surface area (Å²) >= 11 is 0. The molecule has 8 heteroatoms. The summed E-state index contributed by atoms with van der Waals surface area (Å²) < 4.78 is 28.6. The maximum absolute atomic E-state index is 12.9. The molecule has 3 aliphatic carbocycles. The minimum atomic E-state index is -3.42. The third kappa shape index (κ3) is 3.82. The number of hydrogen-bond donors (Lipinski definition) is 1. The van der Waals surface area contributed by atoms with E-state index in [1.54, 1.807) is 11.9 Å². The number of nitrogens with zero attached hydrogens (tertiary/aromatic N) is 2. The zero-order chi connectivity index (χ0) is 20.1. The highest BCUT2D eigenvalue weighted by Gasteiger charge is 2.51. The van der Waals surface area contributed by atoms with E-state index in [4.69, 9.17) is 0 Å². The van der Waals surface area contributed by atoms with Gasteiger partial charge in [-0.05, 0) is 57.8 Å². The predicted molar refractivity (Wildman–Crippen MR) is 106 cm³/mol. The molecule has 0 radical (unpaired) electrons. The van der Waals surface area contributed by atoms with E-state index in [0.29, 0.717) is 31.7 Å². The second-order valence-corrected chi connectivity index (χ2v) is 11.6. The van der Waals surface area contributed by atoms with Crippen molar-refractivity contribution in [1.82, 2.24) is 14.5 Å². The monoisotopic (exact) mass is 411 g/mol. The Bertz CT molecular complexity index is 743. The van der Waals surface area contributed by atoms with Crippen molar-refractivity contribution < 1.29 is 18.0 Å². The summed E-state index contributed by atoms with van der Waals surface area (Å²) in [6, 6.07) is -0.267. The van der Waals surface area contributed by atoms with Gasteiger partial charge >= 0.3 is 11.8 Å². The zero-order valence-electron chi connectivity index (χ0n) is 17.0. The average Bonchev–Trinajstić information content (AvgIpc) is 3.39. The molecule has 4 aliphatic rings. The van der Waals surface area contributed by atoms with Crippen LogP contribution >= 0.6 is 0 Å². The Hall–Kier alpha value is -1.15. The van der Waals surface area contributed by atoms with Crippen LogP contribution in [0.4, 0.5) is 0 Å². The highest BCUT2D eigenvalue weighted by Crippen LogP contribution is 2.39. The number of sulfonamides is 1. The fraction of sp³-hybridized carbons (Fsp3) is 0.900. The maximum atomic E-state index is 12.9. The lowest BCUT2D eigenvalue weighted by molar-refractivity contribution is -0.163. The fourth-order valence-corrected chi connectivity index (χ4v) is 7.27. The molecule has 158 valence electrons. The summed E-state index contributed by atoms with van der Waals surface area (Å²) in [5, 5.41) is -0.494. The molecule has 3 atom stereocenters. The Morgan fingerprint density at radius 3 is 2.32 bits per heavy atom. The van der Waals surface area contributed by atoms with E-state index in [1.165, 1.54) is 24.2 Å². The lowest BCUT2D eigenvalue weighted by Gasteiger charge is -2.50. The van der Waals surface area contributed by atoms with Gasteiger partial charge in [-0.2, -0.15) is 0 Å². The number of hydrogen-bond acceptors (Lipinski definition) is 4. The van der Waals surface area contributed by atoms with Crippen LogP contribution < -0.4 is 4.72 Å². The van der Waals surface area contributed by atoms with Gasteiger partial charge in [-0.15, -0.1) is 0 Å². The van der Waals surface area contributed by atoms with Crippen molar-refractivity contribution in [3.8, 4) is 0 Å². The van der Waals surface area contributed by atoms with E-state index in [-0.39, 0.29) is 17.6 Å². The summed E-state index contributed by atoms with van der Waals surface area (Å²) in [4.78, 5) is 28.6. The molecule has 4 rings (SSSR count). The largest absolute Gasteiger partial charge is 0.332 e. The Morgan fingerprint density at radius 1 is 1.00 bits per heavy atom. The van der Waals surface area contributed by atoms with E-state index in [0.717, 1.165) is 25.7 Å². The molecular weight excluding hydrogens is 378 g/mol. The molecule has 0 aromatic heterocycles. The van der Waals surface area contributed by atoms with Gasteiger partial charge in [0.25, 0.3) is 0 Å². The van der Waals surface area contributed by atoms with Crippen LogP contribution in [0.25, 0.3) is 0 Å². The van der Waals surface area contributed by atoms with Crippen molar-refractivity contribution in [2.75, 3.05) is 13.6 Å². The van der Waals surface area contributed by atoms with Crippen LogP contribution in [0.2, 0.25) is 0 Å². The fourth-order valence-electron chi connectivity index (χ4n) is 5.31. The van der Waals surface area contributed by atoms with Crippen molar-refractivity contribution in [2.24, 2.45) is 5.92 Å². The predicted octanol–water partition coefficient (Wildman–Crippen LogP) is 1.63. The first-order valence-electron chi connectivity index (χ1n) is 10.8. The molecule has 2 amide bonds. The third-order valence-electron chi connectivity index (χ3n) is 7.40. The van der Waals surface area contributed by atoms with Gasteiger partial charge in [-0.1, -0.05) is 19.3 Å². The Morgan fingerprint density at radius 2 is 1.68 bits per heavy atom. The molecular formula is C20H33N3O4S. The average molecular weight is 412 g/mol. The second kappa shape index (κ2) is 7.27. The molecule has 0 aromatic carbocycles. The van der Waals surface area contributed by atoms with Gasteiger partial charge in [0.15, 0.2) is 0 Å². The van der Waals surface area contributed by atoms with Gasteiger partial charge in [-0.25, -0.2) is 13.1 Å². The van der Waals surface area contributed by atoms with E-state index in [9.17, 15) is 18.0 Å². The molecule has 3 unspecified atom stereocenters. The van der Waals surface area contributed by atoms with Crippen molar-refractivity contribution in [2.45, 2.75) is 94.0 Å². The van der Waals surface area contributed by atoms with E-state index >= 15 is 0 Å². The van der Waals surface area contributed by atoms with Crippen molar-refractivity contribution >= 4 is 21.8 Å². The van der Waals surface area contributed by atoms with Crippen LogP contribution in [0.1, 0.15) is 71.1 Å². The van der Waals surface area contributed by atoms with Crippen LogP contribution in [-0.4, -0.2) is 66.5 Å². The standard InChI is InChI=1S/C20H33N3O4S/c1-20(10-11-20)21-28(26,27)15-8-9-16-17(12-15)22(2)18(24)19(25)23(16)13-14-6-4-3-5-7-14/h14-17,21H,3-13H2,1-2H3. The highest BCUT2D eigenvalue weighted by molar-refractivity contribution is 7.90. The molecule has 1 saturated heterocycles. The summed E-state index contributed by atoms with van der Waals surface area (Å²) in [5.41, 5.74) is -0.285.